The van der Waals surface area contributed by atoms with E-state index in [1.54, 1.807) is 54.7 Å². The van der Waals surface area contributed by atoms with Gasteiger partial charge in [-0.05, 0) is 48.0 Å². The molecule has 4 rings (SSSR count). The van der Waals surface area contributed by atoms with Crippen LogP contribution in [-0.4, -0.2) is 25.9 Å². The molecule has 1 heterocycles. The highest BCUT2D eigenvalue weighted by Crippen LogP contribution is 2.23. The molecule has 0 fully saturated rings. The number of nitrogens with zero attached hydrogens (tertiary/aromatic N) is 2. The SMILES string of the molecule is CN(c1ccccc1)S(=O)(=O)c1cccc(NC(=O)c2cccn(Cc3ccccc3)c2=O)c1. The number of nitrogens with one attached hydrogen (secondary N) is 1. The van der Waals surface area contributed by atoms with E-state index >= 15 is 0 Å². The third kappa shape index (κ3) is 4.92. The summed E-state index contributed by atoms with van der Waals surface area (Å²) in [6, 6.07) is 27.2. The number of hydrogen-bond donors (Lipinski definition) is 1. The summed E-state index contributed by atoms with van der Waals surface area (Å²) in [4.78, 5) is 25.8. The number of amides is 1. The molecule has 0 bridgehead atoms. The van der Waals surface area contributed by atoms with Crippen LogP contribution in [-0.2, 0) is 16.6 Å². The first-order valence-electron chi connectivity index (χ1n) is 10.5. The lowest BCUT2D eigenvalue weighted by atomic mass is 10.2. The molecule has 1 N–H and O–H groups in total. The van der Waals surface area contributed by atoms with Crippen molar-refractivity contribution in [3.63, 3.8) is 0 Å². The molecule has 0 atom stereocenters. The van der Waals surface area contributed by atoms with Gasteiger partial charge in [-0.15, -0.1) is 0 Å². The molecule has 0 aliphatic rings. The lowest BCUT2D eigenvalue weighted by Gasteiger charge is -2.20. The van der Waals surface area contributed by atoms with Crippen LogP contribution in [0.3, 0.4) is 0 Å². The number of aromatic nitrogens is 1. The zero-order chi connectivity index (χ0) is 24.1. The average molecular weight is 474 g/mol. The Labute approximate surface area is 198 Å². The van der Waals surface area contributed by atoms with Gasteiger partial charge in [-0.3, -0.25) is 13.9 Å². The molecule has 0 aliphatic heterocycles. The van der Waals surface area contributed by atoms with Crippen molar-refractivity contribution in [2.45, 2.75) is 11.4 Å². The van der Waals surface area contributed by atoms with Gasteiger partial charge in [0.2, 0.25) is 0 Å². The minimum atomic E-state index is -3.85. The Morgan fingerprint density at radius 3 is 2.26 bits per heavy atom. The fourth-order valence-corrected chi connectivity index (χ4v) is 4.72. The van der Waals surface area contributed by atoms with Crippen LogP contribution in [0.2, 0.25) is 0 Å². The van der Waals surface area contributed by atoms with Crippen LogP contribution < -0.4 is 15.2 Å². The normalized spacial score (nSPS) is 11.1. The lowest BCUT2D eigenvalue weighted by Crippen LogP contribution is -2.29. The van der Waals surface area contributed by atoms with Gasteiger partial charge in [-0.25, -0.2) is 8.42 Å². The number of pyridine rings is 1. The molecule has 0 spiro atoms. The topological polar surface area (TPSA) is 88.5 Å². The first-order chi connectivity index (χ1) is 16.4. The fraction of sp³-hybridized carbons (Fsp3) is 0.0769. The predicted molar refractivity (Wildman–Crippen MR) is 133 cm³/mol. The van der Waals surface area contributed by atoms with Crippen LogP contribution in [0.4, 0.5) is 11.4 Å². The van der Waals surface area contributed by atoms with Gasteiger partial charge in [0.1, 0.15) is 5.56 Å². The van der Waals surface area contributed by atoms with Crippen LogP contribution >= 0.6 is 0 Å². The Balaban J connectivity index is 1.56. The van der Waals surface area contributed by atoms with Crippen molar-refractivity contribution in [1.29, 1.82) is 0 Å². The van der Waals surface area contributed by atoms with Gasteiger partial charge in [-0.1, -0.05) is 54.6 Å². The molecule has 0 unspecified atom stereocenters. The van der Waals surface area contributed by atoms with Gasteiger partial charge < -0.3 is 9.88 Å². The fourth-order valence-electron chi connectivity index (χ4n) is 3.48. The summed E-state index contributed by atoms with van der Waals surface area (Å²) in [5, 5.41) is 2.65. The molecule has 4 aromatic rings. The molecule has 0 saturated heterocycles. The largest absolute Gasteiger partial charge is 0.322 e. The maximum absolute atomic E-state index is 13.1. The van der Waals surface area contributed by atoms with E-state index in [4.69, 9.17) is 0 Å². The standard InChI is InChI=1S/C26H23N3O4S/c1-28(22-13-6-3-7-14-22)34(32,33)23-15-8-12-21(18-23)27-25(30)24-16-9-17-29(26(24)31)19-20-10-4-2-5-11-20/h2-18H,19H2,1H3,(H,27,30). The molecule has 1 aromatic heterocycles. The highest BCUT2D eigenvalue weighted by atomic mass is 32.2. The third-order valence-corrected chi connectivity index (χ3v) is 7.11. The molecule has 0 saturated carbocycles. The summed E-state index contributed by atoms with van der Waals surface area (Å²) in [5.74, 6) is -0.613. The Kier molecular flexibility index (Phi) is 6.60. The van der Waals surface area contributed by atoms with E-state index < -0.39 is 21.5 Å². The van der Waals surface area contributed by atoms with E-state index in [0.29, 0.717) is 12.2 Å². The van der Waals surface area contributed by atoms with E-state index in [1.165, 1.54) is 34.1 Å². The van der Waals surface area contributed by atoms with E-state index in [2.05, 4.69) is 5.32 Å². The minimum Gasteiger partial charge on any atom is -0.322 e. The van der Waals surface area contributed by atoms with Crippen LogP contribution in [0, 0.1) is 0 Å². The van der Waals surface area contributed by atoms with Gasteiger partial charge in [-0.2, -0.15) is 0 Å². The second-order valence-corrected chi connectivity index (χ2v) is 9.60. The van der Waals surface area contributed by atoms with Crippen molar-refractivity contribution in [3.05, 3.63) is 125 Å². The molecular weight excluding hydrogens is 450 g/mol. The molecule has 172 valence electrons. The number of benzene rings is 3. The molecule has 1 amide bonds. The second-order valence-electron chi connectivity index (χ2n) is 7.63. The number of sulfonamides is 1. The van der Waals surface area contributed by atoms with Gasteiger partial charge in [0.05, 0.1) is 17.1 Å². The van der Waals surface area contributed by atoms with E-state index in [-0.39, 0.29) is 16.1 Å². The van der Waals surface area contributed by atoms with Crippen LogP contribution in [0.1, 0.15) is 15.9 Å². The molecule has 7 nitrogen and oxygen atoms in total. The van der Waals surface area contributed by atoms with Gasteiger partial charge >= 0.3 is 0 Å². The number of hydrogen-bond acceptors (Lipinski definition) is 4. The quantitative estimate of drug-likeness (QED) is 0.440. The summed E-state index contributed by atoms with van der Waals surface area (Å²) >= 11 is 0. The van der Waals surface area contributed by atoms with Crippen LogP contribution in [0.25, 0.3) is 0 Å². The first kappa shape index (κ1) is 23.0. The van der Waals surface area contributed by atoms with Crippen molar-refractivity contribution >= 4 is 27.3 Å². The number of carbonyl (C=O) groups excluding carboxylic acids is 1. The van der Waals surface area contributed by atoms with Crippen molar-refractivity contribution in [1.82, 2.24) is 4.57 Å². The van der Waals surface area contributed by atoms with Crippen molar-refractivity contribution < 1.29 is 13.2 Å². The minimum absolute atomic E-state index is 0.0196. The Hall–Kier alpha value is -4.17. The summed E-state index contributed by atoms with van der Waals surface area (Å²) in [6.45, 7) is 0.334. The maximum atomic E-state index is 13.1. The summed E-state index contributed by atoms with van der Waals surface area (Å²) in [5.41, 5.74) is 1.25. The summed E-state index contributed by atoms with van der Waals surface area (Å²) in [7, 11) is -2.38. The predicted octanol–water partition coefficient (Wildman–Crippen LogP) is 3.97. The Bertz CT molecular complexity index is 1470. The average Bonchev–Trinajstić information content (AvgIpc) is 2.86. The Morgan fingerprint density at radius 1 is 0.882 bits per heavy atom. The highest BCUT2D eigenvalue weighted by molar-refractivity contribution is 7.92. The number of anilines is 2. The third-order valence-electron chi connectivity index (χ3n) is 5.33. The second kappa shape index (κ2) is 9.76. The first-order valence-corrected chi connectivity index (χ1v) is 12.0. The zero-order valence-electron chi connectivity index (χ0n) is 18.5. The van der Waals surface area contributed by atoms with E-state index in [9.17, 15) is 18.0 Å². The van der Waals surface area contributed by atoms with E-state index in [0.717, 1.165) is 5.56 Å². The Morgan fingerprint density at radius 2 is 1.56 bits per heavy atom. The monoisotopic (exact) mass is 473 g/mol. The number of para-hydroxylation sites is 1. The number of rotatable bonds is 7. The molecule has 8 heteroatoms. The number of carbonyl (C=O) groups is 1. The smallest absolute Gasteiger partial charge is 0.264 e. The summed E-state index contributed by atoms with van der Waals surface area (Å²) < 4.78 is 28.8. The van der Waals surface area contributed by atoms with Crippen molar-refractivity contribution in [3.8, 4) is 0 Å². The zero-order valence-corrected chi connectivity index (χ0v) is 19.3. The summed E-state index contributed by atoms with van der Waals surface area (Å²) in [6.07, 6.45) is 1.62. The molecule has 0 aliphatic carbocycles. The molecule has 0 radical (unpaired) electrons. The van der Waals surface area contributed by atoms with Crippen LogP contribution in [0.15, 0.2) is 113 Å². The van der Waals surface area contributed by atoms with E-state index in [1.807, 2.05) is 30.3 Å². The molecular formula is C26H23N3O4S. The molecule has 34 heavy (non-hydrogen) atoms. The van der Waals surface area contributed by atoms with Crippen molar-refractivity contribution in [2.24, 2.45) is 0 Å². The maximum Gasteiger partial charge on any atom is 0.264 e. The van der Waals surface area contributed by atoms with Crippen LogP contribution in [0.5, 0.6) is 0 Å². The molecule has 3 aromatic carbocycles. The van der Waals surface area contributed by atoms with Gasteiger partial charge in [0, 0.05) is 18.9 Å². The van der Waals surface area contributed by atoms with Gasteiger partial charge in [0.15, 0.2) is 0 Å². The lowest BCUT2D eigenvalue weighted by molar-refractivity contribution is 0.102. The van der Waals surface area contributed by atoms with Crippen molar-refractivity contribution in [2.75, 3.05) is 16.7 Å². The highest BCUT2D eigenvalue weighted by Gasteiger charge is 2.22. The van der Waals surface area contributed by atoms with Gasteiger partial charge in [0.25, 0.3) is 21.5 Å².